The third-order valence-electron chi connectivity index (χ3n) is 3.23. The molecule has 0 saturated carbocycles. The lowest BCUT2D eigenvalue weighted by molar-refractivity contribution is -0.121. The number of aromatic nitrogens is 3. The third-order valence-corrected chi connectivity index (χ3v) is 3.23. The number of benzene rings is 1. The van der Waals surface area contributed by atoms with Gasteiger partial charge in [0.05, 0.1) is 6.21 Å². The molecule has 0 atom stereocenters. The third kappa shape index (κ3) is 5.50. The van der Waals surface area contributed by atoms with Crippen molar-refractivity contribution in [2.24, 2.45) is 5.10 Å². The van der Waals surface area contributed by atoms with Crippen LogP contribution in [0.5, 0.6) is 0 Å². The summed E-state index contributed by atoms with van der Waals surface area (Å²) < 4.78 is 1.43. The topological polar surface area (TPSA) is 72.2 Å². The molecule has 2 rings (SSSR count). The second kappa shape index (κ2) is 8.03. The van der Waals surface area contributed by atoms with Crippen LogP contribution in [0, 0.1) is 0 Å². The minimum absolute atomic E-state index is 0.0940. The van der Waals surface area contributed by atoms with Crippen molar-refractivity contribution in [3.8, 4) is 0 Å². The molecule has 0 spiro atoms. The van der Waals surface area contributed by atoms with Gasteiger partial charge < -0.3 is 0 Å². The van der Waals surface area contributed by atoms with Gasteiger partial charge in [-0.1, -0.05) is 44.2 Å². The molecule has 0 bridgehead atoms. The molecule has 6 heteroatoms. The number of carbonyl (C=O) groups excluding carboxylic acids is 1. The zero-order valence-corrected chi connectivity index (χ0v) is 13.6. The lowest BCUT2D eigenvalue weighted by Gasteiger charge is -2.05. The molecule has 0 aliphatic heterocycles. The van der Waals surface area contributed by atoms with E-state index in [0.29, 0.717) is 5.92 Å². The van der Waals surface area contributed by atoms with E-state index >= 15 is 0 Å². The number of nitrogens with zero attached hydrogens (tertiary/aromatic N) is 4. The fraction of sp³-hybridized carbons (Fsp3) is 0.294. The highest BCUT2D eigenvalue weighted by molar-refractivity contribution is 5.86. The van der Waals surface area contributed by atoms with E-state index in [-0.39, 0.29) is 12.5 Å². The zero-order chi connectivity index (χ0) is 16.7. The van der Waals surface area contributed by atoms with Crippen LogP contribution in [-0.4, -0.2) is 26.9 Å². The fourth-order valence-electron chi connectivity index (χ4n) is 1.98. The van der Waals surface area contributed by atoms with E-state index in [1.165, 1.54) is 22.9 Å². The highest BCUT2D eigenvalue weighted by Gasteiger charge is 2.01. The van der Waals surface area contributed by atoms with Gasteiger partial charge in [0.25, 0.3) is 5.91 Å². The molecule has 0 fully saturated rings. The Bertz CT molecular complexity index is 684. The first-order chi connectivity index (χ1) is 11.0. The van der Waals surface area contributed by atoms with Crippen molar-refractivity contribution >= 4 is 18.2 Å². The summed E-state index contributed by atoms with van der Waals surface area (Å²) in [4.78, 5) is 15.4. The number of rotatable bonds is 6. The Morgan fingerprint density at radius 2 is 2.09 bits per heavy atom. The molecule has 6 nitrogen and oxygen atoms in total. The van der Waals surface area contributed by atoms with Crippen LogP contribution in [0.2, 0.25) is 0 Å². The lowest BCUT2D eigenvalue weighted by atomic mass is 10.0. The minimum Gasteiger partial charge on any atom is -0.271 e. The molecule has 0 saturated heterocycles. The fourth-order valence-corrected chi connectivity index (χ4v) is 1.98. The van der Waals surface area contributed by atoms with Gasteiger partial charge in [-0.3, -0.25) is 4.79 Å². The molecule has 0 unspecified atom stereocenters. The maximum absolute atomic E-state index is 11.6. The maximum atomic E-state index is 11.6. The van der Waals surface area contributed by atoms with E-state index in [4.69, 9.17) is 0 Å². The number of hydrazone groups is 1. The van der Waals surface area contributed by atoms with Crippen molar-refractivity contribution in [3.63, 3.8) is 0 Å². The Kier molecular flexibility index (Phi) is 5.80. The molecular formula is C17H21N5O. The van der Waals surface area contributed by atoms with E-state index in [0.717, 1.165) is 11.1 Å². The van der Waals surface area contributed by atoms with Gasteiger partial charge in [-0.15, -0.1) is 0 Å². The molecular weight excluding hydrogens is 290 g/mol. The second-order valence-corrected chi connectivity index (χ2v) is 5.60. The molecule has 23 heavy (non-hydrogen) atoms. The van der Waals surface area contributed by atoms with Crippen LogP contribution in [0.15, 0.2) is 47.6 Å². The molecule has 0 radical (unpaired) electrons. The molecule has 1 heterocycles. The molecule has 1 aromatic carbocycles. The minimum atomic E-state index is -0.249. The Morgan fingerprint density at radius 3 is 2.70 bits per heavy atom. The van der Waals surface area contributed by atoms with Crippen molar-refractivity contribution in [2.75, 3.05) is 0 Å². The van der Waals surface area contributed by atoms with Crippen LogP contribution < -0.4 is 5.43 Å². The number of hydrogen-bond donors (Lipinski definition) is 1. The van der Waals surface area contributed by atoms with E-state index in [1.54, 1.807) is 6.21 Å². The molecule has 1 amide bonds. The van der Waals surface area contributed by atoms with E-state index in [1.807, 2.05) is 13.0 Å². The first-order valence-corrected chi connectivity index (χ1v) is 7.47. The highest BCUT2D eigenvalue weighted by Crippen LogP contribution is 2.15. The standard InChI is InChI=1S/C17H21N5O/c1-13(2)16-6-4-15(5-7-16)8-14(3)9-19-21-17(23)10-22-12-18-11-20-22/h4-9,11-13H,10H2,1-3H3,(H,21,23)/b14-8-,19-9?. The molecule has 2 aromatic rings. The van der Waals surface area contributed by atoms with Gasteiger partial charge in [-0.2, -0.15) is 10.2 Å². The summed E-state index contributed by atoms with van der Waals surface area (Å²) in [7, 11) is 0. The molecule has 1 N–H and O–H groups in total. The van der Waals surface area contributed by atoms with Crippen molar-refractivity contribution < 1.29 is 4.79 Å². The summed E-state index contributed by atoms with van der Waals surface area (Å²) in [6.07, 6.45) is 6.50. The van der Waals surface area contributed by atoms with Gasteiger partial charge in [0.2, 0.25) is 0 Å². The average Bonchev–Trinajstić information content (AvgIpc) is 3.00. The van der Waals surface area contributed by atoms with Gasteiger partial charge in [-0.05, 0) is 29.5 Å². The van der Waals surface area contributed by atoms with Crippen molar-refractivity contribution in [1.29, 1.82) is 0 Å². The van der Waals surface area contributed by atoms with E-state index in [2.05, 4.69) is 58.7 Å². The molecule has 120 valence electrons. The number of hydrogen-bond acceptors (Lipinski definition) is 4. The number of nitrogens with one attached hydrogen (secondary N) is 1. The normalized spacial score (nSPS) is 12.1. The van der Waals surface area contributed by atoms with Crippen LogP contribution >= 0.6 is 0 Å². The Hall–Kier alpha value is -2.76. The van der Waals surface area contributed by atoms with Gasteiger partial charge in [0, 0.05) is 0 Å². The van der Waals surface area contributed by atoms with Crippen LogP contribution in [0.4, 0.5) is 0 Å². The Morgan fingerprint density at radius 1 is 1.35 bits per heavy atom. The monoisotopic (exact) mass is 311 g/mol. The predicted octanol–water partition coefficient (Wildman–Crippen LogP) is 2.61. The maximum Gasteiger partial charge on any atom is 0.261 e. The first-order valence-electron chi connectivity index (χ1n) is 7.47. The quantitative estimate of drug-likeness (QED) is 0.658. The summed E-state index contributed by atoms with van der Waals surface area (Å²) in [5, 5.41) is 7.80. The summed E-state index contributed by atoms with van der Waals surface area (Å²) >= 11 is 0. The van der Waals surface area contributed by atoms with Crippen LogP contribution in [0.1, 0.15) is 37.8 Å². The van der Waals surface area contributed by atoms with E-state index in [9.17, 15) is 4.79 Å². The Labute approximate surface area is 135 Å². The number of carbonyl (C=O) groups is 1. The van der Waals surface area contributed by atoms with Crippen molar-refractivity contribution in [3.05, 3.63) is 53.6 Å². The van der Waals surface area contributed by atoms with Crippen molar-refractivity contribution in [1.82, 2.24) is 20.2 Å². The Balaban J connectivity index is 1.87. The lowest BCUT2D eigenvalue weighted by Crippen LogP contribution is -2.23. The second-order valence-electron chi connectivity index (χ2n) is 5.60. The van der Waals surface area contributed by atoms with Crippen LogP contribution in [0.3, 0.4) is 0 Å². The van der Waals surface area contributed by atoms with Gasteiger partial charge in [-0.25, -0.2) is 15.1 Å². The molecule has 0 aliphatic rings. The van der Waals surface area contributed by atoms with Gasteiger partial charge in [0.1, 0.15) is 19.2 Å². The SMILES string of the molecule is C/C(C=NNC(=O)Cn1cncn1)=C/c1ccc(C(C)C)cc1. The summed E-state index contributed by atoms with van der Waals surface area (Å²) in [6, 6.07) is 8.41. The van der Waals surface area contributed by atoms with Gasteiger partial charge in [0.15, 0.2) is 0 Å². The van der Waals surface area contributed by atoms with Gasteiger partial charge >= 0.3 is 0 Å². The summed E-state index contributed by atoms with van der Waals surface area (Å²) in [5.41, 5.74) is 5.83. The predicted molar refractivity (Wildman–Crippen MR) is 90.8 cm³/mol. The summed E-state index contributed by atoms with van der Waals surface area (Å²) in [5.74, 6) is 0.275. The van der Waals surface area contributed by atoms with Crippen LogP contribution in [0.25, 0.3) is 6.08 Å². The number of amides is 1. The largest absolute Gasteiger partial charge is 0.271 e. The van der Waals surface area contributed by atoms with Crippen molar-refractivity contribution in [2.45, 2.75) is 33.2 Å². The molecule has 0 aliphatic carbocycles. The number of allylic oxidation sites excluding steroid dienone is 1. The first kappa shape index (κ1) is 16.6. The summed E-state index contributed by atoms with van der Waals surface area (Å²) in [6.45, 7) is 6.37. The van der Waals surface area contributed by atoms with E-state index < -0.39 is 0 Å². The van der Waals surface area contributed by atoms with Crippen LogP contribution in [-0.2, 0) is 11.3 Å². The average molecular weight is 311 g/mol. The highest BCUT2D eigenvalue weighted by atomic mass is 16.2. The smallest absolute Gasteiger partial charge is 0.261 e. The zero-order valence-electron chi connectivity index (χ0n) is 13.6. The molecule has 1 aromatic heterocycles.